The average molecular weight is 286 g/mol. The summed E-state index contributed by atoms with van der Waals surface area (Å²) in [5, 5.41) is 0.124. The van der Waals surface area contributed by atoms with Crippen molar-refractivity contribution in [1.29, 1.82) is 0 Å². The fourth-order valence-electron chi connectivity index (χ4n) is 2.31. The van der Waals surface area contributed by atoms with Gasteiger partial charge in [-0.2, -0.15) is 4.31 Å². The summed E-state index contributed by atoms with van der Waals surface area (Å²) >= 11 is 0. The van der Waals surface area contributed by atoms with Crippen LogP contribution in [-0.4, -0.2) is 41.4 Å². The molecule has 1 unspecified atom stereocenters. The van der Waals surface area contributed by atoms with Gasteiger partial charge in [-0.3, -0.25) is 0 Å². The van der Waals surface area contributed by atoms with E-state index in [0.29, 0.717) is 25.3 Å². The molecule has 0 saturated carbocycles. The van der Waals surface area contributed by atoms with Crippen LogP contribution in [0.15, 0.2) is 11.2 Å². The molecular formula is C12H22N4O2S. The van der Waals surface area contributed by atoms with Gasteiger partial charge < -0.3 is 10.3 Å². The zero-order valence-corrected chi connectivity index (χ0v) is 12.7. The molecule has 1 aromatic rings. The molecule has 0 bridgehead atoms. The Hall–Kier alpha value is -0.920. The van der Waals surface area contributed by atoms with Gasteiger partial charge in [0.15, 0.2) is 5.03 Å². The lowest BCUT2D eigenvalue weighted by molar-refractivity contribution is 0.155. The molecule has 108 valence electrons. The van der Waals surface area contributed by atoms with E-state index in [1.807, 2.05) is 13.8 Å². The second-order valence-electron chi connectivity index (χ2n) is 5.96. The van der Waals surface area contributed by atoms with E-state index in [2.05, 4.69) is 4.98 Å². The van der Waals surface area contributed by atoms with E-state index in [-0.39, 0.29) is 16.5 Å². The lowest BCUT2D eigenvalue weighted by Crippen LogP contribution is -2.53. The zero-order chi connectivity index (χ0) is 14.4. The van der Waals surface area contributed by atoms with Crippen molar-refractivity contribution >= 4 is 10.0 Å². The molecule has 19 heavy (non-hydrogen) atoms. The largest absolute Gasteiger partial charge is 0.337 e. The Balaban J connectivity index is 2.31. The quantitative estimate of drug-likeness (QED) is 0.857. The highest BCUT2D eigenvalue weighted by Gasteiger charge is 2.39. The van der Waals surface area contributed by atoms with E-state index >= 15 is 0 Å². The molecule has 0 aliphatic carbocycles. The number of aromatic nitrogens is 2. The number of nitrogens with two attached hydrogens (primary N) is 1. The average Bonchev–Trinajstić information content (AvgIpc) is 2.63. The van der Waals surface area contributed by atoms with Crippen molar-refractivity contribution in [3.63, 3.8) is 0 Å². The van der Waals surface area contributed by atoms with E-state index in [1.165, 1.54) is 4.31 Å². The van der Waals surface area contributed by atoms with Crippen molar-refractivity contribution in [1.82, 2.24) is 13.9 Å². The summed E-state index contributed by atoms with van der Waals surface area (Å²) in [5.41, 5.74) is 5.83. The molecular weight excluding hydrogens is 264 g/mol. The van der Waals surface area contributed by atoms with Crippen LogP contribution in [0.5, 0.6) is 0 Å². The van der Waals surface area contributed by atoms with Crippen LogP contribution in [0, 0.1) is 12.3 Å². The Kier molecular flexibility index (Phi) is 3.49. The third-order valence-electron chi connectivity index (χ3n) is 3.97. The van der Waals surface area contributed by atoms with E-state index in [4.69, 9.17) is 5.73 Å². The van der Waals surface area contributed by atoms with Crippen molar-refractivity contribution in [3.8, 4) is 0 Å². The first-order valence-corrected chi connectivity index (χ1v) is 7.84. The summed E-state index contributed by atoms with van der Waals surface area (Å²) in [6.07, 6.45) is 2.24. The van der Waals surface area contributed by atoms with E-state index in [0.717, 1.165) is 0 Å². The predicted octanol–water partition coefficient (Wildman–Crippen LogP) is 0.476. The molecule has 0 spiro atoms. The number of imidazole rings is 1. The highest BCUT2D eigenvalue weighted by atomic mass is 32.2. The van der Waals surface area contributed by atoms with Crippen LogP contribution in [-0.2, 0) is 17.1 Å². The highest BCUT2D eigenvalue weighted by molar-refractivity contribution is 7.89. The Morgan fingerprint density at radius 2 is 2.11 bits per heavy atom. The molecule has 6 nitrogen and oxygen atoms in total. The zero-order valence-electron chi connectivity index (χ0n) is 11.9. The molecule has 1 saturated heterocycles. The lowest BCUT2D eigenvalue weighted by Gasteiger charge is -2.41. The van der Waals surface area contributed by atoms with Gasteiger partial charge in [0, 0.05) is 32.4 Å². The molecule has 0 aromatic carbocycles. The van der Waals surface area contributed by atoms with E-state index in [9.17, 15) is 8.42 Å². The number of hydrogen-bond donors (Lipinski definition) is 1. The summed E-state index contributed by atoms with van der Waals surface area (Å²) < 4.78 is 28.3. The molecule has 7 heteroatoms. The first-order chi connectivity index (χ1) is 8.64. The second-order valence-corrected chi connectivity index (χ2v) is 7.84. The van der Waals surface area contributed by atoms with Crippen LogP contribution < -0.4 is 5.73 Å². The predicted molar refractivity (Wildman–Crippen MR) is 73.1 cm³/mol. The van der Waals surface area contributed by atoms with Gasteiger partial charge in [0.25, 0.3) is 10.0 Å². The maximum atomic E-state index is 12.6. The molecule has 0 radical (unpaired) electrons. The van der Waals surface area contributed by atoms with Gasteiger partial charge in [0.05, 0.1) is 0 Å². The molecule has 2 heterocycles. The minimum atomic E-state index is -3.51. The lowest BCUT2D eigenvalue weighted by atomic mass is 9.81. The Labute approximate surface area is 114 Å². The maximum absolute atomic E-state index is 12.6. The van der Waals surface area contributed by atoms with Crippen LogP contribution in [0.4, 0.5) is 0 Å². The van der Waals surface area contributed by atoms with Crippen molar-refractivity contribution in [2.24, 2.45) is 18.2 Å². The SMILES string of the molecule is Cc1nc(S(=O)(=O)N2CCC(N)C(C)(C)C2)cn1C. The van der Waals surface area contributed by atoms with Gasteiger partial charge in [-0.05, 0) is 18.8 Å². The van der Waals surface area contributed by atoms with Crippen LogP contribution in [0.3, 0.4) is 0 Å². The molecule has 1 fully saturated rings. The first kappa shape index (κ1) is 14.5. The monoisotopic (exact) mass is 286 g/mol. The summed E-state index contributed by atoms with van der Waals surface area (Å²) in [7, 11) is -1.72. The summed E-state index contributed by atoms with van der Waals surface area (Å²) in [5.74, 6) is 0.687. The van der Waals surface area contributed by atoms with Gasteiger partial charge in [-0.1, -0.05) is 13.8 Å². The number of piperidine rings is 1. The Bertz CT molecular complexity index is 557. The van der Waals surface area contributed by atoms with Gasteiger partial charge >= 0.3 is 0 Å². The number of rotatable bonds is 2. The molecule has 2 rings (SSSR count). The van der Waals surface area contributed by atoms with E-state index < -0.39 is 10.0 Å². The first-order valence-electron chi connectivity index (χ1n) is 6.40. The Morgan fingerprint density at radius 1 is 1.47 bits per heavy atom. The normalized spacial score (nSPS) is 24.6. The van der Waals surface area contributed by atoms with Gasteiger partial charge in [-0.25, -0.2) is 13.4 Å². The molecule has 1 aliphatic heterocycles. The summed E-state index contributed by atoms with van der Waals surface area (Å²) in [6.45, 7) is 6.69. The molecule has 2 N–H and O–H groups in total. The van der Waals surface area contributed by atoms with Crippen LogP contribution >= 0.6 is 0 Å². The number of hydrogen-bond acceptors (Lipinski definition) is 4. The minimum Gasteiger partial charge on any atom is -0.337 e. The van der Waals surface area contributed by atoms with Crippen LogP contribution in [0.1, 0.15) is 26.1 Å². The van der Waals surface area contributed by atoms with E-state index in [1.54, 1.807) is 24.7 Å². The van der Waals surface area contributed by atoms with Crippen LogP contribution in [0.25, 0.3) is 0 Å². The third kappa shape index (κ3) is 2.54. The fourth-order valence-corrected chi connectivity index (χ4v) is 3.96. The van der Waals surface area contributed by atoms with Crippen molar-refractivity contribution < 1.29 is 8.42 Å². The molecule has 1 aromatic heterocycles. The molecule has 0 amide bonds. The number of sulfonamides is 1. The topological polar surface area (TPSA) is 81.2 Å². The highest BCUT2D eigenvalue weighted by Crippen LogP contribution is 2.30. The molecule has 1 atom stereocenters. The van der Waals surface area contributed by atoms with Gasteiger partial charge in [0.2, 0.25) is 0 Å². The number of nitrogens with zero attached hydrogens (tertiary/aromatic N) is 3. The van der Waals surface area contributed by atoms with Crippen molar-refractivity contribution in [3.05, 3.63) is 12.0 Å². The maximum Gasteiger partial charge on any atom is 0.262 e. The summed E-state index contributed by atoms with van der Waals surface area (Å²) in [6, 6.07) is 0.0319. The number of aryl methyl sites for hydroxylation is 2. The van der Waals surface area contributed by atoms with Gasteiger partial charge in [0.1, 0.15) is 5.82 Å². The molecule has 1 aliphatic rings. The van der Waals surface area contributed by atoms with Crippen LogP contribution in [0.2, 0.25) is 0 Å². The van der Waals surface area contributed by atoms with Crippen molar-refractivity contribution in [2.45, 2.75) is 38.3 Å². The fraction of sp³-hybridized carbons (Fsp3) is 0.750. The summed E-state index contributed by atoms with van der Waals surface area (Å²) in [4.78, 5) is 4.13. The van der Waals surface area contributed by atoms with Gasteiger partial charge in [-0.15, -0.1) is 0 Å². The second kappa shape index (κ2) is 4.57. The van der Waals surface area contributed by atoms with Crippen molar-refractivity contribution in [2.75, 3.05) is 13.1 Å². The minimum absolute atomic E-state index is 0.0319. The Morgan fingerprint density at radius 3 is 2.58 bits per heavy atom. The smallest absolute Gasteiger partial charge is 0.262 e. The standard InChI is InChI=1S/C12H22N4O2S/c1-9-14-11(7-15(9)4)19(17,18)16-6-5-10(13)12(2,3)8-16/h7,10H,5-6,8,13H2,1-4H3. The third-order valence-corrected chi connectivity index (χ3v) is 5.68.